The first kappa shape index (κ1) is 20.1. The Labute approximate surface area is 189 Å². The number of nitrogens with one attached hydrogen (secondary N) is 1. The minimum absolute atomic E-state index is 0.0689. The smallest absolute Gasteiger partial charge is 0.318 e. The number of urea groups is 1. The molecule has 4 heteroatoms. The summed E-state index contributed by atoms with van der Waals surface area (Å²) in [7, 11) is 0. The average molecular weight is 422 g/mol. The molecule has 1 atom stereocenters. The highest BCUT2D eigenvalue weighted by atomic mass is 16.2. The molecule has 0 saturated heterocycles. The minimum atomic E-state index is -0.184. The zero-order valence-corrected chi connectivity index (χ0v) is 18.5. The third kappa shape index (κ3) is 3.80. The zero-order chi connectivity index (χ0) is 22.1. The lowest BCUT2D eigenvalue weighted by molar-refractivity contribution is 0.180. The number of hydrogen-bond acceptors (Lipinski definition) is 1. The van der Waals surface area contributed by atoms with Crippen molar-refractivity contribution in [3.05, 3.63) is 125 Å². The molecule has 160 valence electrons. The summed E-state index contributed by atoms with van der Waals surface area (Å²) in [6.45, 7) is 5.19. The maximum Gasteiger partial charge on any atom is 0.318 e. The van der Waals surface area contributed by atoms with E-state index in [4.69, 9.17) is 0 Å². The van der Waals surface area contributed by atoms with Gasteiger partial charge in [0.1, 0.15) is 0 Å². The third-order valence-electron chi connectivity index (χ3n) is 6.18. The summed E-state index contributed by atoms with van der Waals surface area (Å²) in [5.41, 5.74) is 7.96. The van der Waals surface area contributed by atoms with Gasteiger partial charge in [-0.3, -0.25) is 0 Å². The largest absolute Gasteiger partial charge is 0.334 e. The number of carbonyl (C=O) groups excluding carboxylic acids is 1. The summed E-state index contributed by atoms with van der Waals surface area (Å²) in [6, 6.07) is 29.0. The molecule has 0 fully saturated rings. The molecule has 0 bridgehead atoms. The van der Waals surface area contributed by atoms with Crippen molar-refractivity contribution in [3.8, 4) is 5.69 Å². The van der Waals surface area contributed by atoms with Crippen LogP contribution in [-0.4, -0.2) is 15.5 Å². The van der Waals surface area contributed by atoms with Crippen molar-refractivity contribution >= 4 is 6.03 Å². The molecule has 2 heterocycles. The molecule has 4 aromatic rings. The molecule has 0 saturated carbocycles. The Kier molecular flexibility index (Phi) is 5.28. The Morgan fingerprint density at radius 2 is 1.56 bits per heavy atom. The zero-order valence-electron chi connectivity index (χ0n) is 18.5. The molecule has 1 unspecified atom stereocenters. The first-order valence-corrected chi connectivity index (χ1v) is 11.0. The van der Waals surface area contributed by atoms with Crippen molar-refractivity contribution < 1.29 is 4.79 Å². The van der Waals surface area contributed by atoms with Crippen molar-refractivity contribution in [1.29, 1.82) is 0 Å². The van der Waals surface area contributed by atoms with Crippen LogP contribution in [0.1, 0.15) is 39.6 Å². The van der Waals surface area contributed by atoms with Crippen LogP contribution >= 0.6 is 0 Å². The first-order chi connectivity index (χ1) is 15.6. The van der Waals surface area contributed by atoms with E-state index in [1.54, 1.807) is 0 Å². The van der Waals surface area contributed by atoms with Crippen molar-refractivity contribution in [2.45, 2.75) is 33.0 Å². The average Bonchev–Trinajstić information content (AvgIpc) is 3.24. The second-order valence-corrected chi connectivity index (χ2v) is 8.52. The molecule has 1 aliphatic heterocycles. The number of rotatable bonds is 3. The third-order valence-corrected chi connectivity index (χ3v) is 6.18. The second kappa shape index (κ2) is 8.39. The van der Waals surface area contributed by atoms with Gasteiger partial charge in [-0.2, -0.15) is 0 Å². The molecule has 32 heavy (non-hydrogen) atoms. The van der Waals surface area contributed by atoms with Crippen LogP contribution < -0.4 is 5.32 Å². The molecule has 0 spiro atoms. The number of fused-ring (bicyclic) bond motifs is 3. The number of aryl methyl sites for hydroxylation is 2. The van der Waals surface area contributed by atoms with Gasteiger partial charge in [-0.05, 0) is 48.7 Å². The number of aromatic nitrogens is 1. The van der Waals surface area contributed by atoms with Crippen LogP contribution in [0.4, 0.5) is 4.79 Å². The molecule has 1 aromatic heterocycles. The Morgan fingerprint density at radius 1 is 0.875 bits per heavy atom. The van der Waals surface area contributed by atoms with Gasteiger partial charge in [0.05, 0.1) is 18.3 Å². The van der Waals surface area contributed by atoms with Gasteiger partial charge in [-0.1, -0.05) is 77.9 Å². The molecule has 3 aromatic carbocycles. The predicted octanol–water partition coefficient (Wildman–Crippen LogP) is 5.91. The number of amides is 2. The molecular formula is C28H27N3O. The van der Waals surface area contributed by atoms with E-state index < -0.39 is 0 Å². The topological polar surface area (TPSA) is 37.3 Å². The number of para-hydroxylation sites is 1. The van der Waals surface area contributed by atoms with E-state index in [0.29, 0.717) is 13.1 Å². The summed E-state index contributed by atoms with van der Waals surface area (Å²) in [5, 5.41) is 3.16. The maximum atomic E-state index is 13.6. The SMILES string of the molecule is Cc1ccc(CNC(=O)N2Cc3ccccc3-n3cccc3C2c2ccc(C)cc2)cc1. The van der Waals surface area contributed by atoms with Crippen molar-refractivity contribution in [1.82, 2.24) is 14.8 Å². The lowest BCUT2D eigenvalue weighted by Gasteiger charge is -2.31. The fraction of sp³-hybridized carbons (Fsp3) is 0.179. The summed E-state index contributed by atoms with van der Waals surface area (Å²) >= 11 is 0. The quantitative estimate of drug-likeness (QED) is 0.439. The molecule has 4 nitrogen and oxygen atoms in total. The van der Waals surface area contributed by atoms with Crippen LogP contribution in [0.2, 0.25) is 0 Å². The van der Waals surface area contributed by atoms with Crippen molar-refractivity contribution in [2.24, 2.45) is 0 Å². The van der Waals surface area contributed by atoms with Gasteiger partial charge < -0.3 is 14.8 Å². The van der Waals surface area contributed by atoms with E-state index in [1.165, 1.54) is 11.1 Å². The number of nitrogens with zero attached hydrogens (tertiary/aromatic N) is 2. The fourth-order valence-corrected chi connectivity index (χ4v) is 4.42. The first-order valence-electron chi connectivity index (χ1n) is 11.0. The molecule has 0 aliphatic carbocycles. The number of carbonyl (C=O) groups is 1. The van der Waals surface area contributed by atoms with Crippen LogP contribution in [0.25, 0.3) is 5.69 Å². The maximum absolute atomic E-state index is 13.6. The Balaban J connectivity index is 1.54. The van der Waals surface area contributed by atoms with Gasteiger partial charge in [0, 0.05) is 18.4 Å². The monoisotopic (exact) mass is 421 g/mol. The highest BCUT2D eigenvalue weighted by Gasteiger charge is 2.32. The van der Waals surface area contributed by atoms with Gasteiger partial charge in [0.25, 0.3) is 0 Å². The summed E-state index contributed by atoms with van der Waals surface area (Å²) < 4.78 is 2.22. The fourth-order valence-electron chi connectivity index (χ4n) is 4.42. The highest BCUT2D eigenvalue weighted by Crippen LogP contribution is 2.36. The second-order valence-electron chi connectivity index (χ2n) is 8.52. The van der Waals surface area contributed by atoms with Crippen LogP contribution in [0, 0.1) is 13.8 Å². The highest BCUT2D eigenvalue weighted by molar-refractivity contribution is 5.76. The number of hydrogen-bond donors (Lipinski definition) is 1. The van der Waals surface area contributed by atoms with E-state index in [-0.39, 0.29) is 12.1 Å². The Morgan fingerprint density at radius 3 is 2.31 bits per heavy atom. The predicted molar refractivity (Wildman–Crippen MR) is 128 cm³/mol. The van der Waals surface area contributed by atoms with E-state index >= 15 is 0 Å². The van der Waals surface area contributed by atoms with Crippen molar-refractivity contribution in [3.63, 3.8) is 0 Å². The van der Waals surface area contributed by atoms with Crippen molar-refractivity contribution in [2.75, 3.05) is 0 Å². The molecule has 2 amide bonds. The lowest BCUT2D eigenvalue weighted by atomic mass is 10.0. The van der Waals surface area contributed by atoms with Gasteiger partial charge in [-0.25, -0.2) is 4.79 Å². The lowest BCUT2D eigenvalue weighted by Crippen LogP contribution is -2.41. The molecule has 1 N–H and O–H groups in total. The Bertz CT molecular complexity index is 1240. The molecule has 5 rings (SSSR count). The van der Waals surface area contributed by atoms with Gasteiger partial charge >= 0.3 is 6.03 Å². The van der Waals surface area contributed by atoms with Crippen LogP contribution in [0.15, 0.2) is 91.1 Å². The van der Waals surface area contributed by atoms with Crippen LogP contribution in [0.3, 0.4) is 0 Å². The van der Waals surface area contributed by atoms with Crippen LogP contribution in [0.5, 0.6) is 0 Å². The number of benzene rings is 3. The molecule has 0 radical (unpaired) electrons. The summed E-state index contributed by atoms with van der Waals surface area (Å²) in [6.07, 6.45) is 2.09. The Hall–Kier alpha value is -3.79. The van der Waals surface area contributed by atoms with Crippen LogP contribution in [-0.2, 0) is 13.1 Å². The molecule has 1 aliphatic rings. The minimum Gasteiger partial charge on any atom is -0.334 e. The van der Waals surface area contributed by atoms with E-state index in [9.17, 15) is 4.79 Å². The van der Waals surface area contributed by atoms with E-state index in [0.717, 1.165) is 28.1 Å². The summed E-state index contributed by atoms with van der Waals surface area (Å²) in [4.78, 5) is 15.5. The van der Waals surface area contributed by atoms with Gasteiger partial charge in [0.2, 0.25) is 0 Å². The standard InChI is InChI=1S/C28H27N3O/c1-20-9-13-22(14-10-20)18-29-28(32)31-19-24-6-3-4-7-25(24)30-17-5-8-26(30)27(31)23-15-11-21(2)12-16-23/h3-17,27H,18-19H2,1-2H3,(H,29,32). The van der Waals surface area contributed by atoms with E-state index in [2.05, 4.69) is 109 Å². The molecular weight excluding hydrogens is 394 g/mol. The van der Waals surface area contributed by atoms with E-state index in [1.807, 2.05) is 11.0 Å². The summed E-state index contributed by atoms with van der Waals surface area (Å²) in [5.74, 6) is 0. The van der Waals surface area contributed by atoms with Gasteiger partial charge in [-0.15, -0.1) is 0 Å². The van der Waals surface area contributed by atoms with Gasteiger partial charge in [0.15, 0.2) is 0 Å². The normalized spacial score (nSPS) is 14.9.